The molecule has 0 fully saturated rings. The van der Waals surface area contributed by atoms with Crippen LogP contribution in [0.15, 0.2) is 182 Å². The molecule has 3 nitrogen and oxygen atoms in total. The first-order valence-corrected chi connectivity index (χ1v) is 18.8. The van der Waals surface area contributed by atoms with Crippen LogP contribution < -0.4 is 15.8 Å². The van der Waals surface area contributed by atoms with Crippen molar-refractivity contribution >= 4 is 100.0 Å². The van der Waals surface area contributed by atoms with Crippen LogP contribution in [0.3, 0.4) is 0 Å². The third-order valence-electron chi connectivity index (χ3n) is 12.2. The molecular weight excluding hydrogens is 653 g/mol. The van der Waals surface area contributed by atoms with Crippen LogP contribution in [0.5, 0.6) is 0 Å². The van der Waals surface area contributed by atoms with Gasteiger partial charge >= 0.3 is 6.85 Å². The lowest BCUT2D eigenvalue weighted by atomic mass is 9.44. The first kappa shape index (κ1) is 28.5. The van der Waals surface area contributed by atoms with Gasteiger partial charge in [-0.2, -0.15) is 0 Å². The van der Waals surface area contributed by atoms with E-state index in [0.717, 1.165) is 0 Å². The molecule has 0 atom stereocenters. The van der Waals surface area contributed by atoms with Crippen molar-refractivity contribution < 1.29 is 0 Å². The lowest BCUT2D eigenvalue weighted by Gasteiger charge is -2.41. The molecule has 54 heavy (non-hydrogen) atoms. The van der Waals surface area contributed by atoms with Gasteiger partial charge in [0, 0.05) is 66.5 Å². The molecule has 2 aromatic heterocycles. The molecule has 0 radical (unpaired) electrons. The Balaban J connectivity index is 1.29. The first-order valence-electron chi connectivity index (χ1n) is 18.8. The molecule has 9 aromatic carbocycles. The topological polar surface area (TPSA) is 13.1 Å². The lowest BCUT2D eigenvalue weighted by molar-refractivity contribution is 1.18. The molecule has 0 unspecified atom stereocenters. The number of hydrogen-bond acceptors (Lipinski definition) is 1. The third-order valence-corrected chi connectivity index (χ3v) is 12.2. The summed E-state index contributed by atoms with van der Waals surface area (Å²) in [6.45, 7) is -0.0461. The highest BCUT2D eigenvalue weighted by atomic mass is 15.2. The van der Waals surface area contributed by atoms with Gasteiger partial charge in [-0.15, -0.1) is 0 Å². The minimum Gasteiger partial charge on any atom is -0.375 e. The van der Waals surface area contributed by atoms with E-state index in [1.807, 2.05) is 0 Å². The largest absolute Gasteiger partial charge is 0.375 e. The van der Waals surface area contributed by atoms with Crippen molar-refractivity contribution in [2.75, 3.05) is 4.90 Å². The quantitative estimate of drug-likeness (QED) is 0.165. The second-order valence-corrected chi connectivity index (χ2v) is 14.9. The number of hydrogen-bond donors (Lipinski definition) is 0. The molecule has 0 aliphatic carbocycles. The Morgan fingerprint density at radius 2 is 1.04 bits per heavy atom. The Kier molecular flexibility index (Phi) is 5.45. The third kappa shape index (κ3) is 3.57. The smallest absolute Gasteiger partial charge is 0.333 e. The number of benzene rings is 9. The van der Waals surface area contributed by atoms with Gasteiger partial charge in [0.15, 0.2) is 0 Å². The van der Waals surface area contributed by atoms with Crippen molar-refractivity contribution in [3.05, 3.63) is 182 Å². The van der Waals surface area contributed by atoms with Gasteiger partial charge in [0.25, 0.3) is 0 Å². The van der Waals surface area contributed by atoms with E-state index in [2.05, 4.69) is 196 Å². The summed E-state index contributed by atoms with van der Waals surface area (Å²) in [5, 5.41) is 10.1. The minimum atomic E-state index is -0.0461. The normalized spacial score (nSPS) is 13.1. The monoisotopic (exact) mass is 683 g/mol. The van der Waals surface area contributed by atoms with Crippen LogP contribution >= 0.6 is 0 Å². The summed E-state index contributed by atoms with van der Waals surface area (Å²) in [6.07, 6.45) is 0. The Morgan fingerprint density at radius 1 is 0.389 bits per heavy atom. The van der Waals surface area contributed by atoms with E-state index in [-0.39, 0.29) is 6.85 Å². The van der Waals surface area contributed by atoms with E-state index >= 15 is 0 Å². The fourth-order valence-corrected chi connectivity index (χ4v) is 10.0. The molecule has 0 bridgehead atoms. The standard InChI is InChI=1S/C50H30BN3/c1-2-17-35(18-3-1)53-43-23-10-8-20-38(43)41-30-46-48-47(50(41)53)40-22-12-21-39-37-19-9-11-24-44(37)54(49(39)40)51(48)42-28-33-15-6-7-16-34(33)29-45(42)52(46)36-26-25-31-13-4-5-14-32(31)27-36/h1-30H. The maximum absolute atomic E-state index is 2.67. The van der Waals surface area contributed by atoms with Crippen LogP contribution in [0, 0.1) is 0 Å². The summed E-state index contributed by atoms with van der Waals surface area (Å²) in [7, 11) is 0. The summed E-state index contributed by atoms with van der Waals surface area (Å²) in [5.41, 5.74) is 15.1. The zero-order valence-corrected chi connectivity index (χ0v) is 29.2. The van der Waals surface area contributed by atoms with Crippen LogP contribution in [0.25, 0.3) is 82.0 Å². The number of aromatic nitrogens is 2. The van der Waals surface area contributed by atoms with Gasteiger partial charge < -0.3 is 13.9 Å². The van der Waals surface area contributed by atoms with Crippen LogP contribution in [0.4, 0.5) is 17.1 Å². The van der Waals surface area contributed by atoms with Crippen LogP contribution in [0.1, 0.15) is 0 Å². The van der Waals surface area contributed by atoms with E-state index in [1.165, 1.54) is 110 Å². The average Bonchev–Trinajstić information content (AvgIpc) is 3.75. The molecule has 0 spiro atoms. The molecule has 13 rings (SSSR count). The predicted molar refractivity (Wildman–Crippen MR) is 229 cm³/mol. The van der Waals surface area contributed by atoms with Gasteiger partial charge in [0.1, 0.15) is 0 Å². The minimum absolute atomic E-state index is 0.0461. The average molecular weight is 684 g/mol. The van der Waals surface area contributed by atoms with Gasteiger partial charge in [-0.3, -0.25) is 0 Å². The molecule has 2 aliphatic heterocycles. The first-order chi connectivity index (χ1) is 26.8. The molecule has 0 N–H and O–H groups in total. The van der Waals surface area contributed by atoms with Gasteiger partial charge in [0.05, 0.1) is 11.0 Å². The molecule has 0 saturated carbocycles. The summed E-state index contributed by atoms with van der Waals surface area (Å²) in [5.74, 6) is 0. The second-order valence-electron chi connectivity index (χ2n) is 14.9. The van der Waals surface area contributed by atoms with E-state index < -0.39 is 0 Å². The van der Waals surface area contributed by atoms with Crippen molar-refractivity contribution in [1.82, 2.24) is 9.05 Å². The summed E-state index contributed by atoms with van der Waals surface area (Å²) < 4.78 is 5.18. The number of rotatable bonds is 2. The predicted octanol–water partition coefficient (Wildman–Crippen LogP) is 11.6. The fraction of sp³-hybridized carbons (Fsp3) is 0. The Bertz CT molecular complexity index is 3410. The van der Waals surface area contributed by atoms with Gasteiger partial charge in [0.2, 0.25) is 0 Å². The van der Waals surface area contributed by atoms with Gasteiger partial charge in [-0.05, 0) is 81.0 Å². The molecule has 2 aliphatic rings. The highest BCUT2D eigenvalue weighted by molar-refractivity contribution is 6.90. The highest BCUT2D eigenvalue weighted by Crippen LogP contribution is 2.50. The Labute approximate surface area is 311 Å². The summed E-state index contributed by atoms with van der Waals surface area (Å²) >= 11 is 0. The molecular formula is C50H30BN3. The highest BCUT2D eigenvalue weighted by Gasteiger charge is 2.44. The van der Waals surface area contributed by atoms with Crippen molar-refractivity contribution in [1.29, 1.82) is 0 Å². The van der Waals surface area contributed by atoms with Crippen LogP contribution in [-0.4, -0.2) is 15.9 Å². The number of anilines is 3. The summed E-state index contributed by atoms with van der Waals surface area (Å²) in [4.78, 5) is 2.56. The molecule has 0 amide bonds. The molecule has 0 saturated heterocycles. The van der Waals surface area contributed by atoms with Crippen LogP contribution in [0.2, 0.25) is 0 Å². The van der Waals surface area contributed by atoms with E-state index in [1.54, 1.807) is 0 Å². The Hall–Kier alpha value is -7.04. The molecule has 248 valence electrons. The zero-order valence-electron chi connectivity index (χ0n) is 29.2. The van der Waals surface area contributed by atoms with Crippen LogP contribution in [-0.2, 0) is 0 Å². The molecule has 11 aromatic rings. The lowest BCUT2D eigenvalue weighted by Crippen LogP contribution is -2.56. The van der Waals surface area contributed by atoms with Gasteiger partial charge in [-0.25, -0.2) is 0 Å². The van der Waals surface area contributed by atoms with Crippen molar-refractivity contribution in [3.63, 3.8) is 0 Å². The number of fused-ring (bicyclic) bond motifs is 13. The molecule has 4 heteroatoms. The maximum atomic E-state index is 2.67. The van der Waals surface area contributed by atoms with Crippen molar-refractivity contribution in [2.24, 2.45) is 0 Å². The fourth-order valence-electron chi connectivity index (χ4n) is 10.0. The number of para-hydroxylation sites is 4. The van der Waals surface area contributed by atoms with E-state index in [9.17, 15) is 0 Å². The second kappa shape index (κ2) is 10.3. The van der Waals surface area contributed by atoms with E-state index in [0.29, 0.717) is 0 Å². The number of nitrogens with zero attached hydrogens (tertiary/aromatic N) is 3. The zero-order chi connectivity index (χ0) is 35.1. The van der Waals surface area contributed by atoms with Crippen molar-refractivity contribution in [3.8, 4) is 16.8 Å². The van der Waals surface area contributed by atoms with E-state index in [4.69, 9.17) is 0 Å². The molecule has 4 heterocycles. The summed E-state index contributed by atoms with van der Waals surface area (Å²) in [6, 6.07) is 67.8. The maximum Gasteiger partial charge on any atom is 0.333 e. The van der Waals surface area contributed by atoms with Crippen molar-refractivity contribution in [2.45, 2.75) is 0 Å². The Morgan fingerprint density at radius 3 is 1.85 bits per heavy atom. The SMILES string of the molecule is c1ccc(-n2c3ccccc3c3cc4c5c(c32)-c2cccc3c6ccccc6n(c23)B5c2cc3ccccc3cc2N4c2ccc3ccccc3c2)cc1. The van der Waals surface area contributed by atoms with Gasteiger partial charge in [-0.1, -0.05) is 133 Å².